The number of amides is 1. The van der Waals surface area contributed by atoms with Crippen molar-refractivity contribution in [3.8, 4) is 5.75 Å². The number of aromatic hydroxyl groups is 1. The van der Waals surface area contributed by atoms with Crippen LogP contribution in [0.5, 0.6) is 5.75 Å². The molecule has 0 atom stereocenters. The van der Waals surface area contributed by atoms with Crippen LogP contribution in [0.25, 0.3) is 0 Å². The van der Waals surface area contributed by atoms with Crippen molar-refractivity contribution in [2.24, 2.45) is 0 Å². The van der Waals surface area contributed by atoms with Crippen LogP contribution in [0.2, 0.25) is 0 Å². The molecule has 0 saturated heterocycles. The molecule has 0 aromatic heterocycles. The van der Waals surface area contributed by atoms with Crippen LogP contribution < -0.4 is 5.48 Å². The molecule has 0 radical (unpaired) electrons. The number of rotatable bonds is 1. The quantitative estimate of drug-likeness (QED) is 0.351. The summed E-state index contributed by atoms with van der Waals surface area (Å²) in [5, 5.41) is 17.2. The second-order valence-electron chi connectivity index (χ2n) is 2.19. The zero-order valence-corrected chi connectivity index (χ0v) is 7.60. The second-order valence-corrected chi connectivity index (χ2v) is 2.19. The summed E-state index contributed by atoms with van der Waals surface area (Å²) in [6, 6.07) is 5.94. The topological polar surface area (TPSA) is 86.6 Å². The van der Waals surface area contributed by atoms with Crippen molar-refractivity contribution >= 4 is 12.2 Å². The predicted molar refractivity (Wildman–Crippen MR) is 49.1 cm³/mol. The van der Waals surface area contributed by atoms with Gasteiger partial charge in [-0.3, -0.25) is 10.0 Å². The standard InChI is InChI=1S/C7H7NO3.C2H4O/c9-6-4-2-1-3-5(6)7(10)8-11;1-2-3/h1-4,9,11H,(H,8,10);2H,1H3. The summed E-state index contributed by atoms with van der Waals surface area (Å²) in [6.45, 7) is 1.44. The highest BCUT2D eigenvalue weighted by atomic mass is 16.5. The maximum absolute atomic E-state index is 10.7. The predicted octanol–water partition coefficient (Wildman–Crippen LogP) is 0.716. The summed E-state index contributed by atoms with van der Waals surface area (Å²) >= 11 is 0. The first-order chi connectivity index (χ1) is 6.67. The van der Waals surface area contributed by atoms with Crippen molar-refractivity contribution in [1.82, 2.24) is 5.48 Å². The zero-order chi connectivity index (χ0) is 11.0. The lowest BCUT2D eigenvalue weighted by Gasteiger charge is -1.99. The monoisotopic (exact) mass is 197 g/mol. The highest BCUT2D eigenvalue weighted by Gasteiger charge is 2.07. The van der Waals surface area contributed by atoms with Gasteiger partial charge in [0.1, 0.15) is 12.0 Å². The zero-order valence-electron chi connectivity index (χ0n) is 7.60. The maximum Gasteiger partial charge on any atom is 0.278 e. The molecule has 0 saturated carbocycles. The average Bonchev–Trinajstić information content (AvgIpc) is 2.19. The van der Waals surface area contributed by atoms with Crippen molar-refractivity contribution in [3.05, 3.63) is 29.8 Å². The van der Waals surface area contributed by atoms with E-state index in [-0.39, 0.29) is 11.3 Å². The molecule has 1 aromatic carbocycles. The van der Waals surface area contributed by atoms with Crippen LogP contribution in [0.4, 0.5) is 0 Å². The van der Waals surface area contributed by atoms with Crippen LogP contribution in [0.1, 0.15) is 17.3 Å². The van der Waals surface area contributed by atoms with Gasteiger partial charge in [-0.05, 0) is 19.1 Å². The van der Waals surface area contributed by atoms with E-state index in [1.54, 1.807) is 12.1 Å². The summed E-state index contributed by atoms with van der Waals surface area (Å²) in [6.07, 6.45) is 0.750. The number of para-hydroxylation sites is 1. The van der Waals surface area contributed by atoms with E-state index in [0.717, 1.165) is 6.29 Å². The lowest BCUT2D eigenvalue weighted by atomic mass is 10.2. The SMILES string of the molecule is CC=O.O=C(NO)c1ccccc1O. The van der Waals surface area contributed by atoms with Crippen molar-refractivity contribution in [1.29, 1.82) is 0 Å². The summed E-state index contributed by atoms with van der Waals surface area (Å²) in [5.74, 6) is -0.873. The number of hydrogen-bond acceptors (Lipinski definition) is 4. The Hall–Kier alpha value is -1.88. The van der Waals surface area contributed by atoms with E-state index in [0.29, 0.717) is 0 Å². The highest BCUT2D eigenvalue weighted by Crippen LogP contribution is 2.14. The number of phenols is 1. The van der Waals surface area contributed by atoms with Gasteiger partial charge in [-0.2, -0.15) is 0 Å². The van der Waals surface area contributed by atoms with Gasteiger partial charge in [-0.25, -0.2) is 5.48 Å². The van der Waals surface area contributed by atoms with Crippen molar-refractivity contribution in [2.45, 2.75) is 6.92 Å². The molecule has 5 nitrogen and oxygen atoms in total. The van der Waals surface area contributed by atoms with Gasteiger partial charge in [0, 0.05) is 0 Å². The van der Waals surface area contributed by atoms with Gasteiger partial charge in [0.2, 0.25) is 0 Å². The Labute approximate surface area is 80.9 Å². The van der Waals surface area contributed by atoms with Crippen LogP contribution >= 0.6 is 0 Å². The Balaban J connectivity index is 0.000000500. The van der Waals surface area contributed by atoms with E-state index in [4.69, 9.17) is 15.1 Å². The molecule has 14 heavy (non-hydrogen) atoms. The summed E-state index contributed by atoms with van der Waals surface area (Å²) in [5.41, 5.74) is 1.47. The minimum Gasteiger partial charge on any atom is -0.507 e. The molecule has 1 amide bonds. The fourth-order valence-electron chi connectivity index (χ4n) is 0.726. The molecule has 0 spiro atoms. The molecule has 0 fully saturated rings. The maximum atomic E-state index is 10.7. The highest BCUT2D eigenvalue weighted by molar-refractivity contribution is 5.95. The Kier molecular flexibility index (Phi) is 5.73. The van der Waals surface area contributed by atoms with E-state index >= 15 is 0 Å². The molecule has 1 rings (SSSR count). The molecule has 0 aliphatic rings. The average molecular weight is 197 g/mol. The Morgan fingerprint density at radius 2 is 1.93 bits per heavy atom. The molecule has 0 unspecified atom stereocenters. The van der Waals surface area contributed by atoms with Crippen molar-refractivity contribution < 1.29 is 19.9 Å². The van der Waals surface area contributed by atoms with Gasteiger partial charge in [0.15, 0.2) is 0 Å². The van der Waals surface area contributed by atoms with Gasteiger partial charge in [0.25, 0.3) is 5.91 Å². The number of hydrogen-bond donors (Lipinski definition) is 3. The van der Waals surface area contributed by atoms with Gasteiger partial charge < -0.3 is 9.90 Å². The third-order valence-corrected chi connectivity index (χ3v) is 1.25. The molecule has 5 heteroatoms. The number of carbonyl (C=O) groups excluding carboxylic acids is 2. The lowest BCUT2D eigenvalue weighted by Crippen LogP contribution is -2.18. The molecule has 0 aliphatic carbocycles. The Bertz CT molecular complexity index is 311. The number of nitrogens with one attached hydrogen (secondary N) is 1. The third kappa shape index (κ3) is 3.68. The van der Waals surface area contributed by atoms with E-state index < -0.39 is 5.91 Å². The molecule has 0 heterocycles. The van der Waals surface area contributed by atoms with E-state index in [1.807, 2.05) is 0 Å². The summed E-state index contributed by atoms with van der Waals surface area (Å²) in [4.78, 5) is 19.5. The summed E-state index contributed by atoms with van der Waals surface area (Å²) in [7, 11) is 0. The van der Waals surface area contributed by atoms with Gasteiger partial charge in [0.05, 0.1) is 5.56 Å². The molecule has 1 aromatic rings. The molecular formula is C9H11NO4. The Morgan fingerprint density at radius 1 is 1.43 bits per heavy atom. The van der Waals surface area contributed by atoms with Gasteiger partial charge in [-0.15, -0.1) is 0 Å². The van der Waals surface area contributed by atoms with Crippen LogP contribution in [-0.2, 0) is 4.79 Å². The minimum atomic E-state index is -0.719. The fourth-order valence-corrected chi connectivity index (χ4v) is 0.726. The lowest BCUT2D eigenvalue weighted by molar-refractivity contribution is -0.106. The first kappa shape index (κ1) is 12.1. The van der Waals surface area contributed by atoms with Crippen molar-refractivity contribution in [2.75, 3.05) is 0 Å². The van der Waals surface area contributed by atoms with Crippen molar-refractivity contribution in [3.63, 3.8) is 0 Å². The van der Waals surface area contributed by atoms with Crippen LogP contribution in [-0.4, -0.2) is 22.5 Å². The molecule has 0 aliphatic heterocycles. The number of hydroxylamine groups is 1. The third-order valence-electron chi connectivity index (χ3n) is 1.25. The number of aldehydes is 1. The van der Waals surface area contributed by atoms with E-state index in [2.05, 4.69) is 0 Å². The van der Waals surface area contributed by atoms with Gasteiger partial charge in [-0.1, -0.05) is 12.1 Å². The number of phenolic OH excluding ortho intramolecular Hbond substituents is 1. The first-order valence-corrected chi connectivity index (χ1v) is 3.79. The van der Waals surface area contributed by atoms with Gasteiger partial charge >= 0.3 is 0 Å². The van der Waals surface area contributed by atoms with E-state index in [1.165, 1.54) is 24.5 Å². The largest absolute Gasteiger partial charge is 0.507 e. The Morgan fingerprint density at radius 3 is 2.36 bits per heavy atom. The first-order valence-electron chi connectivity index (χ1n) is 3.79. The van der Waals surface area contributed by atoms with E-state index in [9.17, 15) is 4.79 Å². The van der Waals surface area contributed by atoms with Crippen LogP contribution in [0.3, 0.4) is 0 Å². The summed E-state index contributed by atoms with van der Waals surface area (Å²) < 4.78 is 0. The second kappa shape index (κ2) is 6.62. The molecule has 3 N–H and O–H groups in total. The van der Waals surface area contributed by atoms with Crippen LogP contribution in [0.15, 0.2) is 24.3 Å². The normalized spacial score (nSPS) is 8.14. The smallest absolute Gasteiger partial charge is 0.278 e. The molecule has 76 valence electrons. The molecule has 0 bridgehead atoms. The number of benzene rings is 1. The number of carbonyl (C=O) groups is 2. The van der Waals surface area contributed by atoms with Crippen LogP contribution in [0, 0.1) is 0 Å². The minimum absolute atomic E-state index is 0.0509. The fraction of sp³-hybridized carbons (Fsp3) is 0.111. The molecular weight excluding hydrogens is 186 g/mol.